The van der Waals surface area contributed by atoms with Crippen molar-refractivity contribution in [2.75, 3.05) is 0 Å². The number of amides is 1. The second kappa shape index (κ2) is 7.78. The SMILES string of the molecule is CC(NC(=O)C1CCCC1c1cc(-c2ccccc2)on1)c1ccccc1. The van der Waals surface area contributed by atoms with Crippen molar-refractivity contribution in [2.45, 2.75) is 38.1 Å². The molecule has 1 aliphatic carbocycles. The Kier molecular flexibility index (Phi) is 5.05. The molecule has 1 fully saturated rings. The van der Waals surface area contributed by atoms with Gasteiger partial charge in [0.25, 0.3) is 0 Å². The van der Waals surface area contributed by atoms with Gasteiger partial charge < -0.3 is 9.84 Å². The first-order valence-corrected chi connectivity index (χ1v) is 9.60. The second-order valence-corrected chi connectivity index (χ2v) is 7.27. The highest BCUT2D eigenvalue weighted by molar-refractivity contribution is 5.80. The number of carbonyl (C=O) groups excluding carboxylic acids is 1. The van der Waals surface area contributed by atoms with Gasteiger partial charge in [-0.2, -0.15) is 0 Å². The van der Waals surface area contributed by atoms with Crippen LogP contribution in [0.5, 0.6) is 0 Å². The van der Waals surface area contributed by atoms with Crippen LogP contribution in [0.15, 0.2) is 71.3 Å². The van der Waals surface area contributed by atoms with Crippen molar-refractivity contribution in [2.24, 2.45) is 5.92 Å². The number of hydrogen-bond donors (Lipinski definition) is 1. The van der Waals surface area contributed by atoms with Crippen molar-refractivity contribution in [3.8, 4) is 11.3 Å². The summed E-state index contributed by atoms with van der Waals surface area (Å²) in [5.74, 6) is 0.937. The number of carbonyl (C=O) groups is 1. The lowest BCUT2D eigenvalue weighted by atomic mass is 9.91. The number of nitrogens with one attached hydrogen (secondary N) is 1. The molecule has 138 valence electrons. The summed E-state index contributed by atoms with van der Waals surface area (Å²) in [4.78, 5) is 12.9. The Bertz CT molecular complexity index is 889. The summed E-state index contributed by atoms with van der Waals surface area (Å²) in [5, 5.41) is 7.47. The molecule has 2 aromatic carbocycles. The standard InChI is InChI=1S/C23H24N2O2/c1-16(17-9-4-2-5-10-17)24-23(26)20-14-8-13-19(20)21-15-22(27-25-21)18-11-6-3-7-12-18/h2-7,9-12,15-16,19-20H,8,13-14H2,1H3,(H,24,26). The summed E-state index contributed by atoms with van der Waals surface area (Å²) in [7, 11) is 0. The predicted molar refractivity (Wildman–Crippen MR) is 105 cm³/mol. The van der Waals surface area contributed by atoms with Crippen LogP contribution >= 0.6 is 0 Å². The van der Waals surface area contributed by atoms with Gasteiger partial charge in [0.2, 0.25) is 5.91 Å². The molecule has 1 heterocycles. The van der Waals surface area contributed by atoms with Crippen LogP contribution in [-0.2, 0) is 4.79 Å². The van der Waals surface area contributed by atoms with E-state index < -0.39 is 0 Å². The third-order valence-electron chi connectivity index (χ3n) is 5.48. The highest BCUT2D eigenvalue weighted by atomic mass is 16.5. The van der Waals surface area contributed by atoms with Crippen molar-refractivity contribution in [3.05, 3.63) is 78.0 Å². The number of nitrogens with zero attached hydrogens (tertiary/aromatic N) is 1. The molecule has 3 aromatic rings. The van der Waals surface area contributed by atoms with Crippen LogP contribution in [0.4, 0.5) is 0 Å². The van der Waals surface area contributed by atoms with E-state index in [9.17, 15) is 4.79 Å². The van der Waals surface area contributed by atoms with E-state index in [0.29, 0.717) is 0 Å². The molecule has 4 heteroatoms. The van der Waals surface area contributed by atoms with Gasteiger partial charge in [-0.1, -0.05) is 72.2 Å². The van der Waals surface area contributed by atoms with E-state index in [-0.39, 0.29) is 23.8 Å². The van der Waals surface area contributed by atoms with Gasteiger partial charge in [-0.15, -0.1) is 0 Å². The van der Waals surface area contributed by atoms with Crippen LogP contribution < -0.4 is 5.32 Å². The Morgan fingerprint density at radius 2 is 1.78 bits per heavy atom. The molecule has 3 unspecified atom stereocenters. The van der Waals surface area contributed by atoms with Gasteiger partial charge in [0.1, 0.15) is 0 Å². The number of hydrogen-bond acceptors (Lipinski definition) is 3. The molecule has 0 saturated heterocycles. The minimum absolute atomic E-state index is 0.00265. The lowest BCUT2D eigenvalue weighted by molar-refractivity contribution is -0.125. The number of benzene rings is 2. The first-order chi connectivity index (χ1) is 13.2. The predicted octanol–water partition coefficient (Wildman–Crippen LogP) is 5.10. The fraction of sp³-hybridized carbons (Fsp3) is 0.304. The molecule has 0 aliphatic heterocycles. The molecular formula is C23H24N2O2. The lowest BCUT2D eigenvalue weighted by Gasteiger charge is -2.21. The number of rotatable bonds is 5. The zero-order valence-corrected chi connectivity index (χ0v) is 15.5. The Balaban J connectivity index is 1.47. The highest BCUT2D eigenvalue weighted by Crippen LogP contribution is 2.40. The largest absolute Gasteiger partial charge is 0.356 e. The van der Waals surface area contributed by atoms with Crippen molar-refractivity contribution < 1.29 is 9.32 Å². The van der Waals surface area contributed by atoms with Crippen molar-refractivity contribution in [1.82, 2.24) is 10.5 Å². The number of aromatic nitrogens is 1. The molecule has 0 bridgehead atoms. The molecule has 3 atom stereocenters. The molecular weight excluding hydrogens is 336 g/mol. The summed E-state index contributed by atoms with van der Waals surface area (Å²) in [6, 6.07) is 22.0. The fourth-order valence-electron chi connectivity index (χ4n) is 3.98. The molecule has 1 saturated carbocycles. The lowest BCUT2D eigenvalue weighted by Crippen LogP contribution is -2.34. The van der Waals surface area contributed by atoms with Crippen LogP contribution in [0.25, 0.3) is 11.3 Å². The summed E-state index contributed by atoms with van der Waals surface area (Å²) in [6.07, 6.45) is 2.90. The monoisotopic (exact) mass is 360 g/mol. The van der Waals surface area contributed by atoms with Gasteiger partial charge in [-0.25, -0.2) is 0 Å². The van der Waals surface area contributed by atoms with E-state index in [4.69, 9.17) is 4.52 Å². The summed E-state index contributed by atoms with van der Waals surface area (Å²) in [5.41, 5.74) is 3.01. The van der Waals surface area contributed by atoms with E-state index in [2.05, 4.69) is 10.5 Å². The average Bonchev–Trinajstić information content (AvgIpc) is 3.38. The molecule has 1 aliphatic rings. The summed E-state index contributed by atoms with van der Waals surface area (Å²) >= 11 is 0. The maximum atomic E-state index is 12.9. The molecule has 0 spiro atoms. The quantitative estimate of drug-likeness (QED) is 0.688. The Labute approximate surface area is 159 Å². The first kappa shape index (κ1) is 17.5. The van der Waals surface area contributed by atoms with Crippen LogP contribution in [0.1, 0.15) is 49.4 Å². The van der Waals surface area contributed by atoms with Gasteiger partial charge >= 0.3 is 0 Å². The maximum Gasteiger partial charge on any atom is 0.224 e. The molecule has 0 radical (unpaired) electrons. The minimum atomic E-state index is -0.0510. The summed E-state index contributed by atoms with van der Waals surface area (Å²) in [6.45, 7) is 2.03. The third-order valence-corrected chi connectivity index (χ3v) is 5.48. The normalized spacial score (nSPS) is 20.3. The summed E-state index contributed by atoms with van der Waals surface area (Å²) < 4.78 is 5.56. The molecule has 1 N–H and O–H groups in total. The van der Waals surface area contributed by atoms with Gasteiger partial charge in [-0.05, 0) is 25.3 Å². The second-order valence-electron chi connectivity index (χ2n) is 7.27. The maximum absolute atomic E-state index is 12.9. The average molecular weight is 360 g/mol. The topological polar surface area (TPSA) is 55.1 Å². The van der Waals surface area contributed by atoms with E-state index in [1.807, 2.05) is 73.7 Å². The van der Waals surface area contributed by atoms with Gasteiger partial charge in [-0.3, -0.25) is 4.79 Å². The van der Waals surface area contributed by atoms with Gasteiger partial charge in [0.15, 0.2) is 5.76 Å². The van der Waals surface area contributed by atoms with Gasteiger partial charge in [0.05, 0.1) is 11.7 Å². The minimum Gasteiger partial charge on any atom is -0.356 e. The van der Waals surface area contributed by atoms with Gasteiger partial charge in [0, 0.05) is 23.5 Å². The van der Waals surface area contributed by atoms with E-state index in [0.717, 1.165) is 41.8 Å². The highest BCUT2D eigenvalue weighted by Gasteiger charge is 2.36. The molecule has 4 rings (SSSR count). The van der Waals surface area contributed by atoms with Crippen LogP contribution in [0, 0.1) is 5.92 Å². The van der Waals surface area contributed by atoms with Crippen LogP contribution in [-0.4, -0.2) is 11.1 Å². The molecule has 1 amide bonds. The van der Waals surface area contributed by atoms with Crippen molar-refractivity contribution in [3.63, 3.8) is 0 Å². The first-order valence-electron chi connectivity index (χ1n) is 9.60. The van der Waals surface area contributed by atoms with Crippen molar-refractivity contribution >= 4 is 5.91 Å². The Hall–Kier alpha value is -2.88. The zero-order chi connectivity index (χ0) is 18.6. The van der Waals surface area contributed by atoms with Crippen LogP contribution in [0.3, 0.4) is 0 Å². The van der Waals surface area contributed by atoms with Crippen molar-refractivity contribution in [1.29, 1.82) is 0 Å². The Morgan fingerprint density at radius 1 is 1.07 bits per heavy atom. The van der Waals surface area contributed by atoms with E-state index in [1.165, 1.54) is 0 Å². The third kappa shape index (κ3) is 3.80. The smallest absolute Gasteiger partial charge is 0.224 e. The van der Waals surface area contributed by atoms with E-state index >= 15 is 0 Å². The Morgan fingerprint density at radius 3 is 2.52 bits per heavy atom. The van der Waals surface area contributed by atoms with Crippen LogP contribution in [0.2, 0.25) is 0 Å². The molecule has 4 nitrogen and oxygen atoms in total. The molecule has 27 heavy (non-hydrogen) atoms. The fourth-order valence-corrected chi connectivity index (χ4v) is 3.98. The zero-order valence-electron chi connectivity index (χ0n) is 15.5. The molecule has 1 aromatic heterocycles. The van der Waals surface area contributed by atoms with E-state index in [1.54, 1.807) is 0 Å².